The molecule has 2 aliphatic rings. The van der Waals surface area contributed by atoms with Gasteiger partial charge in [0.2, 0.25) is 5.95 Å². The Hall–Kier alpha value is -3.84. The molecule has 4 rings (SSSR count). The molecule has 2 N–H and O–H groups in total. The molecule has 1 aromatic carbocycles. The SMILES string of the molecule is O=C(NCC(F)(F)F)c1ccc(-c2ccnc(NC3=C=C=C(N4CCOCC4)C=C3)n2)cc1. The number of allylic oxidation sites excluding steroid dienone is 2. The first-order valence-electron chi connectivity index (χ1n) is 10.2. The lowest BCUT2D eigenvalue weighted by molar-refractivity contribution is -0.123. The molecule has 0 saturated carbocycles. The third kappa shape index (κ3) is 6.11. The predicted octanol–water partition coefficient (Wildman–Crippen LogP) is 3.27. The van der Waals surface area contributed by atoms with E-state index in [1.165, 1.54) is 12.1 Å². The van der Waals surface area contributed by atoms with Gasteiger partial charge >= 0.3 is 6.18 Å². The van der Waals surface area contributed by atoms with Gasteiger partial charge in [-0.3, -0.25) is 4.79 Å². The molecule has 33 heavy (non-hydrogen) atoms. The Morgan fingerprint density at radius 3 is 2.52 bits per heavy atom. The first-order chi connectivity index (χ1) is 15.9. The van der Waals surface area contributed by atoms with Crippen LogP contribution < -0.4 is 10.6 Å². The van der Waals surface area contributed by atoms with Crippen LogP contribution in [0.5, 0.6) is 0 Å². The summed E-state index contributed by atoms with van der Waals surface area (Å²) in [6.45, 7) is 1.62. The number of aromatic nitrogens is 2. The number of benzene rings is 1. The molecule has 1 aliphatic heterocycles. The van der Waals surface area contributed by atoms with Gasteiger partial charge in [0, 0.05) is 30.4 Å². The highest BCUT2D eigenvalue weighted by molar-refractivity contribution is 5.94. The number of hydrogen-bond acceptors (Lipinski definition) is 6. The third-order valence-corrected chi connectivity index (χ3v) is 4.88. The third-order valence-electron chi connectivity index (χ3n) is 4.88. The average molecular weight is 455 g/mol. The van der Waals surface area contributed by atoms with Gasteiger partial charge in [-0.2, -0.15) is 13.2 Å². The largest absolute Gasteiger partial charge is 0.405 e. The van der Waals surface area contributed by atoms with Crippen molar-refractivity contribution >= 4 is 11.9 Å². The first-order valence-corrected chi connectivity index (χ1v) is 10.2. The van der Waals surface area contributed by atoms with Gasteiger partial charge in [-0.1, -0.05) is 12.1 Å². The molecule has 2 aromatic rings. The number of morpholine rings is 1. The summed E-state index contributed by atoms with van der Waals surface area (Å²) in [5.41, 5.74) is 9.18. The maximum atomic E-state index is 12.3. The van der Waals surface area contributed by atoms with Gasteiger partial charge in [-0.25, -0.2) is 9.97 Å². The maximum absolute atomic E-state index is 12.3. The summed E-state index contributed by atoms with van der Waals surface area (Å²) in [7, 11) is 0. The normalized spacial score (nSPS) is 15.7. The number of halogens is 3. The molecule has 0 radical (unpaired) electrons. The number of ether oxygens (including phenoxy) is 1. The predicted molar refractivity (Wildman–Crippen MR) is 115 cm³/mol. The van der Waals surface area contributed by atoms with Crippen molar-refractivity contribution in [2.45, 2.75) is 6.18 Å². The fourth-order valence-corrected chi connectivity index (χ4v) is 3.21. The minimum atomic E-state index is -4.46. The number of hydrogen-bond donors (Lipinski definition) is 2. The molecule has 0 spiro atoms. The minimum Gasteiger partial charge on any atom is -0.378 e. The van der Waals surface area contributed by atoms with Crippen LogP contribution in [0.3, 0.4) is 0 Å². The van der Waals surface area contributed by atoms with E-state index in [1.54, 1.807) is 24.4 Å². The molecule has 0 atom stereocenters. The average Bonchev–Trinajstić information content (AvgIpc) is 2.83. The lowest BCUT2D eigenvalue weighted by Gasteiger charge is -2.28. The lowest BCUT2D eigenvalue weighted by Crippen LogP contribution is -2.35. The lowest BCUT2D eigenvalue weighted by atomic mass is 10.1. The zero-order chi connectivity index (χ0) is 23.3. The Labute approximate surface area is 188 Å². The van der Waals surface area contributed by atoms with E-state index in [2.05, 4.69) is 31.6 Å². The Morgan fingerprint density at radius 1 is 1.09 bits per heavy atom. The summed E-state index contributed by atoms with van der Waals surface area (Å²) < 4.78 is 42.2. The molecule has 0 unspecified atom stereocenters. The Bertz CT molecular complexity index is 1160. The van der Waals surface area contributed by atoms with Crippen molar-refractivity contribution in [3.05, 3.63) is 77.1 Å². The molecule has 1 aromatic heterocycles. The van der Waals surface area contributed by atoms with Gasteiger partial charge in [0.25, 0.3) is 5.91 Å². The Kier molecular flexibility index (Phi) is 6.60. The highest BCUT2D eigenvalue weighted by Crippen LogP contribution is 2.20. The van der Waals surface area contributed by atoms with Crippen LogP contribution in [-0.4, -0.2) is 59.8 Å². The fourth-order valence-electron chi connectivity index (χ4n) is 3.21. The molecule has 170 valence electrons. The number of carbonyl (C=O) groups is 1. The van der Waals surface area contributed by atoms with Gasteiger partial charge in [-0.15, -0.1) is 0 Å². The highest BCUT2D eigenvalue weighted by Gasteiger charge is 2.27. The van der Waals surface area contributed by atoms with Crippen LogP contribution in [0.2, 0.25) is 0 Å². The van der Waals surface area contributed by atoms with Crippen molar-refractivity contribution < 1.29 is 22.7 Å². The second-order valence-corrected chi connectivity index (χ2v) is 7.25. The van der Waals surface area contributed by atoms with Crippen LogP contribution in [0.15, 0.2) is 71.5 Å². The standard InChI is InChI=1S/C23H20F3N5O2/c24-23(25,26)15-28-21(32)17-3-1-16(2-4-17)20-9-10-27-22(30-20)29-18-5-7-19(8-6-18)31-11-13-33-14-12-31/h1-5,7,9-10H,11-15H2,(H,28,32)(H,27,29,30). The van der Waals surface area contributed by atoms with Crippen LogP contribution in [-0.2, 0) is 4.74 Å². The topological polar surface area (TPSA) is 79.4 Å². The number of carbonyl (C=O) groups excluding carboxylic acids is 1. The fraction of sp³-hybridized carbons (Fsp3) is 0.261. The van der Waals surface area contributed by atoms with E-state index in [0.29, 0.717) is 36.1 Å². The molecule has 1 fully saturated rings. The minimum absolute atomic E-state index is 0.126. The number of alkyl halides is 3. The zero-order valence-corrected chi connectivity index (χ0v) is 17.4. The Balaban J connectivity index is 1.44. The van der Waals surface area contributed by atoms with Gasteiger partial charge < -0.3 is 20.3 Å². The van der Waals surface area contributed by atoms with Crippen LogP contribution in [0.25, 0.3) is 11.3 Å². The van der Waals surface area contributed by atoms with Crippen molar-refractivity contribution in [1.29, 1.82) is 0 Å². The van der Waals surface area contributed by atoms with E-state index < -0.39 is 18.6 Å². The van der Waals surface area contributed by atoms with Gasteiger partial charge in [0.1, 0.15) is 6.54 Å². The van der Waals surface area contributed by atoms with Crippen molar-refractivity contribution in [1.82, 2.24) is 20.2 Å². The maximum Gasteiger partial charge on any atom is 0.405 e. The second kappa shape index (κ2) is 9.75. The highest BCUT2D eigenvalue weighted by atomic mass is 19.4. The molecule has 10 heteroatoms. The van der Waals surface area contributed by atoms with E-state index in [4.69, 9.17) is 4.74 Å². The number of rotatable bonds is 6. The summed E-state index contributed by atoms with van der Waals surface area (Å²) in [6.07, 6.45) is 0.931. The molecule has 1 saturated heterocycles. The second-order valence-electron chi connectivity index (χ2n) is 7.25. The van der Waals surface area contributed by atoms with Crippen LogP contribution in [0.4, 0.5) is 19.1 Å². The molecule has 0 bridgehead atoms. The van der Waals surface area contributed by atoms with Gasteiger partial charge in [0.05, 0.1) is 30.3 Å². The first kappa shape index (κ1) is 22.4. The Morgan fingerprint density at radius 2 is 1.85 bits per heavy atom. The van der Waals surface area contributed by atoms with Gasteiger partial charge in [-0.05, 0) is 41.8 Å². The van der Waals surface area contributed by atoms with Crippen LogP contribution in [0, 0.1) is 0 Å². The molecular formula is C23H20F3N5O2. The van der Waals surface area contributed by atoms with Crippen molar-refractivity contribution in [3.63, 3.8) is 0 Å². The quantitative estimate of drug-likeness (QED) is 0.651. The summed E-state index contributed by atoms with van der Waals surface area (Å²) in [5, 5.41) is 4.93. The molecule has 7 nitrogen and oxygen atoms in total. The molecule has 2 heterocycles. The van der Waals surface area contributed by atoms with E-state index in [-0.39, 0.29) is 5.56 Å². The van der Waals surface area contributed by atoms with E-state index in [0.717, 1.165) is 18.8 Å². The van der Waals surface area contributed by atoms with Crippen LogP contribution >= 0.6 is 0 Å². The number of anilines is 1. The summed E-state index contributed by atoms with van der Waals surface area (Å²) in [6, 6.07) is 7.82. The number of nitrogens with zero attached hydrogens (tertiary/aromatic N) is 3. The summed E-state index contributed by atoms with van der Waals surface area (Å²) in [4.78, 5) is 22.7. The van der Waals surface area contributed by atoms with E-state index >= 15 is 0 Å². The number of nitrogens with one attached hydrogen (secondary N) is 2. The molecule has 1 amide bonds. The van der Waals surface area contributed by atoms with E-state index in [1.807, 2.05) is 17.5 Å². The summed E-state index contributed by atoms with van der Waals surface area (Å²) in [5.74, 6) is -0.445. The smallest absolute Gasteiger partial charge is 0.378 e. The van der Waals surface area contributed by atoms with E-state index in [9.17, 15) is 18.0 Å². The summed E-state index contributed by atoms with van der Waals surface area (Å²) >= 11 is 0. The molecule has 1 aliphatic carbocycles. The van der Waals surface area contributed by atoms with Crippen molar-refractivity contribution in [2.24, 2.45) is 0 Å². The van der Waals surface area contributed by atoms with Crippen molar-refractivity contribution in [2.75, 3.05) is 38.2 Å². The molecular weight excluding hydrogens is 435 g/mol. The van der Waals surface area contributed by atoms with Crippen molar-refractivity contribution in [3.8, 4) is 11.3 Å². The number of amides is 1. The zero-order valence-electron chi connectivity index (χ0n) is 17.4. The van der Waals surface area contributed by atoms with Gasteiger partial charge in [0.15, 0.2) is 0 Å². The monoisotopic (exact) mass is 455 g/mol. The van der Waals surface area contributed by atoms with Crippen LogP contribution in [0.1, 0.15) is 10.4 Å².